The van der Waals surface area contributed by atoms with Gasteiger partial charge in [0.25, 0.3) is 0 Å². The van der Waals surface area contributed by atoms with E-state index in [1.165, 1.54) is 12.1 Å². The summed E-state index contributed by atoms with van der Waals surface area (Å²) >= 11 is 0. The summed E-state index contributed by atoms with van der Waals surface area (Å²) in [6.07, 6.45) is 7.78. The van der Waals surface area contributed by atoms with Gasteiger partial charge in [0.2, 0.25) is 0 Å². The number of pyridine rings is 1. The van der Waals surface area contributed by atoms with Crippen LogP contribution in [-0.4, -0.2) is 39.5 Å². The van der Waals surface area contributed by atoms with E-state index in [4.69, 9.17) is 4.74 Å². The number of carbonyl (C=O) groups is 1. The van der Waals surface area contributed by atoms with E-state index in [0.29, 0.717) is 13.0 Å². The summed E-state index contributed by atoms with van der Waals surface area (Å²) in [5.74, 6) is -1.30. The Morgan fingerprint density at radius 3 is 2.61 bits per heavy atom. The number of aliphatic hydroxyl groups excluding tert-OH is 1. The largest absolute Gasteiger partial charge is 0.481 e. The average molecular weight is 452 g/mol. The first-order valence-electron chi connectivity index (χ1n) is 11.6. The third-order valence-corrected chi connectivity index (χ3v) is 8.68. The Balaban J connectivity index is 1.44. The molecule has 174 valence electrons. The van der Waals surface area contributed by atoms with Gasteiger partial charge in [0.05, 0.1) is 29.4 Å². The Morgan fingerprint density at radius 2 is 1.97 bits per heavy atom. The monoisotopic (exact) mass is 451 g/mol. The molecule has 6 heteroatoms. The van der Waals surface area contributed by atoms with Gasteiger partial charge in [0.15, 0.2) is 0 Å². The molecule has 1 spiro atoms. The van der Waals surface area contributed by atoms with Gasteiger partial charge < -0.3 is 14.9 Å². The maximum Gasteiger partial charge on any atom is 0.312 e. The molecule has 6 atom stereocenters. The molecule has 1 aromatic heterocycles. The molecule has 2 aliphatic carbocycles. The summed E-state index contributed by atoms with van der Waals surface area (Å²) < 4.78 is 19.5. The third-order valence-electron chi connectivity index (χ3n) is 8.68. The summed E-state index contributed by atoms with van der Waals surface area (Å²) in [5, 5.41) is 20.7. The molecule has 3 fully saturated rings. The molecule has 5 rings (SSSR count). The van der Waals surface area contributed by atoms with Crippen molar-refractivity contribution in [2.75, 3.05) is 6.61 Å². The van der Waals surface area contributed by atoms with Crippen molar-refractivity contribution >= 4 is 12.0 Å². The first-order valence-corrected chi connectivity index (χ1v) is 11.6. The quantitative estimate of drug-likeness (QED) is 0.643. The topological polar surface area (TPSA) is 83.0 Å². The number of aliphatic hydroxyl groups is 1. The Labute approximate surface area is 193 Å². The minimum Gasteiger partial charge on any atom is -0.481 e. The summed E-state index contributed by atoms with van der Waals surface area (Å²) in [6.45, 7) is 4.56. The molecule has 2 aromatic rings. The molecular formula is C27H30FNO4. The van der Waals surface area contributed by atoms with Crippen LogP contribution in [0.15, 0.2) is 48.7 Å². The zero-order valence-corrected chi connectivity index (χ0v) is 19.0. The van der Waals surface area contributed by atoms with Gasteiger partial charge in [-0.2, -0.15) is 0 Å². The minimum absolute atomic E-state index is 0.0413. The highest BCUT2D eigenvalue weighted by Gasteiger charge is 2.68. The molecule has 0 amide bonds. The van der Waals surface area contributed by atoms with E-state index in [2.05, 4.69) is 18.0 Å². The lowest BCUT2D eigenvalue weighted by Gasteiger charge is -2.59. The number of carboxylic acid groups (broad SMARTS) is 1. The lowest BCUT2D eigenvalue weighted by molar-refractivity contribution is -0.188. The van der Waals surface area contributed by atoms with Crippen LogP contribution in [0.25, 0.3) is 17.2 Å². The van der Waals surface area contributed by atoms with Crippen molar-refractivity contribution in [1.29, 1.82) is 0 Å². The SMILES string of the molecule is C[C@@]12CC[C@H](O)[C@@](C)(C(=O)O)[C@H]1CCC1(CO1)[C@H]2/C=C/c1ccc(-c2cccc(F)c2)cn1. The van der Waals surface area contributed by atoms with E-state index in [-0.39, 0.29) is 28.7 Å². The van der Waals surface area contributed by atoms with Crippen LogP contribution in [0.1, 0.15) is 45.2 Å². The van der Waals surface area contributed by atoms with E-state index in [1.54, 1.807) is 19.2 Å². The fraction of sp³-hybridized carbons (Fsp3) is 0.481. The summed E-state index contributed by atoms with van der Waals surface area (Å²) in [4.78, 5) is 16.8. The van der Waals surface area contributed by atoms with Crippen molar-refractivity contribution in [3.63, 3.8) is 0 Å². The van der Waals surface area contributed by atoms with Crippen LogP contribution >= 0.6 is 0 Å². The van der Waals surface area contributed by atoms with Gasteiger partial charge in [-0.25, -0.2) is 4.39 Å². The minimum atomic E-state index is -1.17. The van der Waals surface area contributed by atoms with Crippen LogP contribution < -0.4 is 0 Å². The molecule has 2 N–H and O–H groups in total. The number of rotatable bonds is 4. The van der Waals surface area contributed by atoms with E-state index in [9.17, 15) is 19.4 Å². The van der Waals surface area contributed by atoms with Gasteiger partial charge in [-0.05, 0) is 73.8 Å². The number of aliphatic carboxylic acids is 1. The van der Waals surface area contributed by atoms with Gasteiger partial charge in [-0.15, -0.1) is 0 Å². The summed E-state index contributed by atoms with van der Waals surface area (Å²) in [5.41, 5.74) is 0.704. The summed E-state index contributed by atoms with van der Waals surface area (Å²) in [6, 6.07) is 10.3. The first kappa shape index (κ1) is 22.2. The third kappa shape index (κ3) is 3.51. The number of halogens is 1. The molecule has 3 aliphatic rings. The molecule has 1 aliphatic heterocycles. The highest BCUT2D eigenvalue weighted by atomic mass is 19.1. The molecule has 2 saturated carbocycles. The molecular weight excluding hydrogens is 421 g/mol. The molecule has 1 unspecified atom stereocenters. The predicted octanol–water partition coefficient (Wildman–Crippen LogP) is 4.95. The van der Waals surface area contributed by atoms with Crippen molar-refractivity contribution in [3.8, 4) is 11.1 Å². The lowest BCUT2D eigenvalue weighted by Crippen LogP contribution is -2.61. The number of epoxide rings is 1. The lowest BCUT2D eigenvalue weighted by atomic mass is 9.45. The fourth-order valence-corrected chi connectivity index (χ4v) is 6.63. The van der Waals surface area contributed by atoms with E-state index < -0.39 is 17.5 Å². The second-order valence-corrected chi connectivity index (χ2v) is 10.4. The van der Waals surface area contributed by atoms with Crippen LogP contribution in [0.4, 0.5) is 4.39 Å². The number of hydrogen-bond donors (Lipinski definition) is 2. The van der Waals surface area contributed by atoms with Gasteiger partial charge in [0, 0.05) is 17.7 Å². The number of nitrogens with zero attached hydrogens (tertiary/aromatic N) is 1. The molecule has 33 heavy (non-hydrogen) atoms. The fourth-order valence-electron chi connectivity index (χ4n) is 6.63. The molecule has 5 nitrogen and oxygen atoms in total. The molecule has 1 saturated heterocycles. The first-order chi connectivity index (χ1) is 15.7. The number of aromatic nitrogens is 1. The highest BCUT2D eigenvalue weighted by molar-refractivity contribution is 5.76. The van der Waals surface area contributed by atoms with Crippen LogP contribution in [0.3, 0.4) is 0 Å². The maximum absolute atomic E-state index is 13.5. The van der Waals surface area contributed by atoms with Crippen LogP contribution in [0.5, 0.6) is 0 Å². The van der Waals surface area contributed by atoms with Crippen LogP contribution in [0.2, 0.25) is 0 Å². The predicted molar refractivity (Wildman–Crippen MR) is 123 cm³/mol. The van der Waals surface area contributed by atoms with Crippen molar-refractivity contribution in [2.24, 2.45) is 22.7 Å². The second-order valence-electron chi connectivity index (χ2n) is 10.4. The number of benzene rings is 1. The number of ether oxygens (including phenoxy) is 1. The normalized spacial score (nSPS) is 37.8. The van der Waals surface area contributed by atoms with Crippen molar-refractivity contribution in [3.05, 3.63) is 60.2 Å². The zero-order chi connectivity index (χ0) is 23.4. The zero-order valence-electron chi connectivity index (χ0n) is 19.0. The Bertz CT molecular complexity index is 1100. The van der Waals surface area contributed by atoms with Crippen molar-refractivity contribution in [1.82, 2.24) is 4.98 Å². The van der Waals surface area contributed by atoms with Crippen molar-refractivity contribution in [2.45, 2.75) is 51.2 Å². The van der Waals surface area contributed by atoms with Gasteiger partial charge in [-0.1, -0.05) is 31.2 Å². The van der Waals surface area contributed by atoms with Gasteiger partial charge >= 0.3 is 5.97 Å². The molecule has 0 bridgehead atoms. The van der Waals surface area contributed by atoms with Crippen molar-refractivity contribution < 1.29 is 24.1 Å². The number of carboxylic acids is 1. The van der Waals surface area contributed by atoms with E-state index in [1.807, 2.05) is 24.3 Å². The van der Waals surface area contributed by atoms with Crippen LogP contribution in [-0.2, 0) is 9.53 Å². The molecule has 2 heterocycles. The smallest absolute Gasteiger partial charge is 0.312 e. The Morgan fingerprint density at radius 1 is 1.18 bits per heavy atom. The number of hydrogen-bond acceptors (Lipinski definition) is 4. The molecule has 1 aromatic carbocycles. The van der Waals surface area contributed by atoms with Crippen LogP contribution in [0, 0.1) is 28.5 Å². The van der Waals surface area contributed by atoms with E-state index >= 15 is 0 Å². The summed E-state index contributed by atoms with van der Waals surface area (Å²) in [7, 11) is 0. The Hall–Kier alpha value is -2.57. The van der Waals surface area contributed by atoms with Gasteiger partial charge in [0.1, 0.15) is 5.82 Å². The highest BCUT2D eigenvalue weighted by Crippen LogP contribution is 2.65. The maximum atomic E-state index is 13.5. The van der Waals surface area contributed by atoms with Gasteiger partial charge in [-0.3, -0.25) is 9.78 Å². The standard InChI is InChI=1S/C27H30FNO4/c1-25-12-11-23(30)26(2,24(31)32)21(25)10-13-27(16-33-27)22(25)9-8-20-7-6-18(15-29-20)17-4-3-5-19(28)14-17/h3-9,14-15,21-23,30H,10-13,16H2,1-2H3,(H,31,32)/b9-8+/t21-,22-,23-,25+,26-,27?/m0/s1. The molecule has 0 radical (unpaired) electrons. The second kappa shape index (κ2) is 7.74. The van der Waals surface area contributed by atoms with E-state index in [0.717, 1.165) is 36.1 Å². The average Bonchev–Trinajstić information content (AvgIpc) is 3.56. The number of fused-ring (bicyclic) bond motifs is 1. The Kier molecular flexibility index (Phi) is 5.22.